The highest BCUT2D eigenvalue weighted by molar-refractivity contribution is 5.72. The van der Waals surface area contributed by atoms with Crippen LogP contribution in [-0.2, 0) is 61.9 Å². The first-order valence-electron chi connectivity index (χ1n) is 18.6. The van der Waals surface area contributed by atoms with Gasteiger partial charge in [0.1, 0.15) is 44.2 Å². The fourth-order valence-corrected chi connectivity index (χ4v) is 5.70. The van der Waals surface area contributed by atoms with Crippen molar-refractivity contribution in [3.05, 3.63) is 0 Å². The van der Waals surface area contributed by atoms with Crippen LogP contribution in [0.15, 0.2) is 0 Å². The van der Waals surface area contributed by atoms with Crippen molar-refractivity contribution in [1.82, 2.24) is 0 Å². The Balaban J connectivity index is 2.64. The number of aliphatic hydroxyl groups is 3. The van der Waals surface area contributed by atoms with Crippen LogP contribution in [0.1, 0.15) is 101 Å². The summed E-state index contributed by atoms with van der Waals surface area (Å²) in [5.74, 6) is -6.45. The molecule has 0 amide bonds. The fraction of sp³-hybridized carbons (Fsp3) is 0.865. The lowest BCUT2D eigenvalue weighted by atomic mass is 9.98. The van der Waals surface area contributed by atoms with Crippen molar-refractivity contribution in [3.8, 4) is 0 Å². The third-order valence-corrected chi connectivity index (χ3v) is 8.12. The minimum absolute atomic E-state index is 0.0365. The van der Waals surface area contributed by atoms with Gasteiger partial charge in [-0.1, -0.05) is 69.2 Å². The molecule has 0 radical (unpaired) electrons. The van der Waals surface area contributed by atoms with Gasteiger partial charge in [0.2, 0.25) is 12.1 Å². The number of carbonyl (C=O) groups excluding carboxylic acids is 5. The van der Waals surface area contributed by atoms with E-state index in [1.165, 1.54) is 0 Å². The molecule has 0 aromatic rings. The second-order valence-corrected chi connectivity index (χ2v) is 15.9. The number of ether oxygens (including phenoxy) is 8. The molecular formula is C37H62O16. The first kappa shape index (κ1) is 46.3. The number of rotatable bonds is 20. The monoisotopic (exact) mass is 762 g/mol. The summed E-state index contributed by atoms with van der Waals surface area (Å²) in [5.41, 5.74) is 0. The van der Waals surface area contributed by atoms with E-state index >= 15 is 0 Å². The summed E-state index contributed by atoms with van der Waals surface area (Å²) in [4.78, 5) is 64.2. The Kier molecular flexibility index (Phi) is 18.6. The highest BCUT2D eigenvalue weighted by atomic mass is 16.8. The zero-order chi connectivity index (χ0) is 40.2. The molecule has 0 aromatic heterocycles. The van der Waals surface area contributed by atoms with Crippen molar-refractivity contribution in [1.29, 1.82) is 0 Å². The molecule has 0 saturated carbocycles. The molecule has 306 valence electrons. The summed E-state index contributed by atoms with van der Waals surface area (Å²) in [6.07, 6.45) is -13.3. The van der Waals surface area contributed by atoms with E-state index in [2.05, 4.69) is 0 Å². The lowest BCUT2D eigenvalue weighted by Crippen LogP contribution is -2.64. The number of carbonyl (C=O) groups is 5. The zero-order valence-electron chi connectivity index (χ0n) is 32.8. The maximum Gasteiger partial charge on any atom is 0.306 e. The van der Waals surface area contributed by atoms with Crippen LogP contribution in [-0.4, -0.2) is 120 Å². The van der Waals surface area contributed by atoms with Gasteiger partial charge in [-0.15, -0.1) is 0 Å². The van der Waals surface area contributed by atoms with Crippen LogP contribution in [0.2, 0.25) is 0 Å². The summed E-state index contributed by atoms with van der Waals surface area (Å²) in [6, 6.07) is 0. The van der Waals surface area contributed by atoms with E-state index < -0.39 is 104 Å². The van der Waals surface area contributed by atoms with E-state index in [1.807, 2.05) is 27.7 Å². The van der Waals surface area contributed by atoms with Gasteiger partial charge in [0.05, 0.1) is 0 Å². The summed E-state index contributed by atoms with van der Waals surface area (Å²) < 4.78 is 46.4. The van der Waals surface area contributed by atoms with Crippen molar-refractivity contribution in [2.75, 3.05) is 19.8 Å². The molecule has 16 heteroatoms. The van der Waals surface area contributed by atoms with Gasteiger partial charge in [-0.05, 0) is 29.6 Å². The van der Waals surface area contributed by atoms with Crippen molar-refractivity contribution in [2.24, 2.45) is 29.6 Å². The van der Waals surface area contributed by atoms with Crippen molar-refractivity contribution in [3.63, 3.8) is 0 Å². The highest BCUT2D eigenvalue weighted by Crippen LogP contribution is 2.40. The first-order chi connectivity index (χ1) is 24.7. The average molecular weight is 763 g/mol. The third-order valence-electron chi connectivity index (χ3n) is 8.12. The second-order valence-electron chi connectivity index (χ2n) is 15.9. The minimum Gasteiger partial charge on any atom is -0.463 e. The van der Waals surface area contributed by atoms with Crippen LogP contribution in [0.3, 0.4) is 0 Å². The Morgan fingerprint density at radius 3 is 1.40 bits per heavy atom. The number of esters is 5. The Bertz CT molecular complexity index is 1200. The van der Waals surface area contributed by atoms with Gasteiger partial charge in [0, 0.05) is 32.1 Å². The molecule has 2 aliphatic heterocycles. The van der Waals surface area contributed by atoms with Gasteiger partial charge in [0.15, 0.2) is 18.3 Å². The molecule has 2 saturated heterocycles. The molecule has 2 rings (SSSR count). The van der Waals surface area contributed by atoms with Crippen molar-refractivity contribution >= 4 is 29.8 Å². The molecule has 0 aliphatic carbocycles. The molecule has 2 fully saturated rings. The van der Waals surface area contributed by atoms with Gasteiger partial charge >= 0.3 is 29.8 Å². The second kappa shape index (κ2) is 21.3. The zero-order valence-corrected chi connectivity index (χ0v) is 32.8. The molecule has 0 unspecified atom stereocenters. The smallest absolute Gasteiger partial charge is 0.306 e. The van der Waals surface area contributed by atoms with Crippen LogP contribution in [0.4, 0.5) is 0 Å². The van der Waals surface area contributed by atoms with Gasteiger partial charge < -0.3 is 53.2 Å². The topological polar surface area (TPSA) is 220 Å². The van der Waals surface area contributed by atoms with E-state index in [-0.39, 0.29) is 61.7 Å². The van der Waals surface area contributed by atoms with E-state index in [4.69, 9.17) is 37.9 Å². The van der Waals surface area contributed by atoms with Gasteiger partial charge in [-0.3, -0.25) is 24.0 Å². The van der Waals surface area contributed by atoms with Gasteiger partial charge in [-0.2, -0.15) is 0 Å². The Morgan fingerprint density at radius 1 is 0.566 bits per heavy atom. The molecule has 2 aliphatic rings. The largest absolute Gasteiger partial charge is 0.463 e. The van der Waals surface area contributed by atoms with Gasteiger partial charge in [-0.25, -0.2) is 0 Å². The summed E-state index contributed by atoms with van der Waals surface area (Å²) in [7, 11) is 0. The molecule has 0 spiro atoms. The molecule has 16 nitrogen and oxygen atoms in total. The standard InChI is InChI=1S/C37H62O16/c1-19(2)11-26(39)46-16-24-31(44)32(45)34(50-29(42)14-22(7)8)36(48-24)53-37(18-38)35(51-30(43)15-23(9)10)33(49-28(41)13-21(5)6)25(52-37)17-47-27(40)12-20(3)4/h19-25,31-36,38,44-45H,11-18H2,1-10H3/t24-,25-,31-,32+,33-,34-,35+,36-,37+/m1/s1. The summed E-state index contributed by atoms with van der Waals surface area (Å²) in [6.45, 7) is 15.8. The maximum atomic E-state index is 13.2. The first-order valence-corrected chi connectivity index (χ1v) is 18.6. The normalized spacial score (nSPS) is 28.8. The van der Waals surface area contributed by atoms with Crippen LogP contribution < -0.4 is 0 Å². The van der Waals surface area contributed by atoms with Crippen LogP contribution in [0.5, 0.6) is 0 Å². The Hall–Kier alpha value is -2.89. The van der Waals surface area contributed by atoms with E-state index in [1.54, 1.807) is 41.5 Å². The highest BCUT2D eigenvalue weighted by Gasteiger charge is 2.63. The SMILES string of the molecule is CC(C)CC(=O)OC[C@H]1O[C@H](O[C@]2(CO)O[C@H](COC(=O)CC(C)C)[C@@H](OC(=O)CC(C)C)[C@@H]2OC(=O)CC(C)C)[C@H](OC(=O)CC(C)C)[C@@H](O)[C@@H]1O. The molecule has 9 atom stereocenters. The molecule has 53 heavy (non-hydrogen) atoms. The average Bonchev–Trinajstić information content (AvgIpc) is 3.28. The third kappa shape index (κ3) is 14.7. The predicted molar refractivity (Wildman–Crippen MR) is 185 cm³/mol. The van der Waals surface area contributed by atoms with Gasteiger partial charge in [0.25, 0.3) is 0 Å². The van der Waals surface area contributed by atoms with E-state index in [9.17, 15) is 39.3 Å². The van der Waals surface area contributed by atoms with Crippen molar-refractivity contribution < 1.29 is 77.2 Å². The maximum absolute atomic E-state index is 13.2. The molecule has 0 aromatic carbocycles. The molecule has 0 bridgehead atoms. The quantitative estimate of drug-likeness (QED) is 0.120. The lowest BCUT2D eigenvalue weighted by Gasteiger charge is -2.45. The van der Waals surface area contributed by atoms with Crippen LogP contribution in [0, 0.1) is 29.6 Å². The number of aliphatic hydroxyl groups excluding tert-OH is 3. The van der Waals surface area contributed by atoms with Crippen LogP contribution >= 0.6 is 0 Å². The summed E-state index contributed by atoms with van der Waals surface area (Å²) in [5, 5.41) is 33.3. The molecule has 2 heterocycles. The Labute approximate surface area is 312 Å². The van der Waals surface area contributed by atoms with E-state index in [0.717, 1.165) is 0 Å². The minimum atomic E-state index is -2.45. The van der Waals surface area contributed by atoms with E-state index in [0.29, 0.717) is 0 Å². The van der Waals surface area contributed by atoms with Crippen LogP contribution in [0.25, 0.3) is 0 Å². The molecular weight excluding hydrogens is 700 g/mol. The number of hydrogen-bond donors (Lipinski definition) is 3. The predicted octanol–water partition coefficient (Wildman–Crippen LogP) is 2.59. The molecule has 3 N–H and O–H groups in total. The number of hydrogen-bond acceptors (Lipinski definition) is 16. The lowest BCUT2D eigenvalue weighted by molar-refractivity contribution is -0.384. The fourth-order valence-electron chi connectivity index (χ4n) is 5.70. The summed E-state index contributed by atoms with van der Waals surface area (Å²) >= 11 is 0. The van der Waals surface area contributed by atoms with Crippen molar-refractivity contribution in [2.45, 2.75) is 156 Å². The Morgan fingerprint density at radius 2 is 0.962 bits per heavy atom.